The van der Waals surface area contributed by atoms with Crippen LogP contribution in [0.2, 0.25) is 0 Å². The number of hydrogen-bond acceptors (Lipinski definition) is 1. The largest absolute Gasteiger partial charge is 0.490 e. The lowest BCUT2D eigenvalue weighted by Gasteiger charge is -2.37. The van der Waals surface area contributed by atoms with Crippen molar-refractivity contribution in [2.45, 2.75) is 43.1 Å². The molecule has 0 saturated carbocycles. The molecule has 318 valence electrons. The summed E-state index contributed by atoms with van der Waals surface area (Å²) in [5.41, 5.74) is 21.4. The first-order chi connectivity index (χ1) is 32.9. The molecule has 4 aliphatic rings. The van der Waals surface area contributed by atoms with Gasteiger partial charge in [-0.05, 0) is 102 Å². The molecular formula is C64H49N3+2. The van der Waals surface area contributed by atoms with E-state index in [4.69, 9.17) is 4.98 Å². The van der Waals surface area contributed by atoms with Crippen LogP contribution in [0.15, 0.2) is 224 Å². The van der Waals surface area contributed by atoms with Gasteiger partial charge in [-0.1, -0.05) is 211 Å². The number of aromatic nitrogens is 1. The van der Waals surface area contributed by atoms with Gasteiger partial charge in [-0.2, -0.15) is 0 Å². The number of allylic oxidation sites excluding steroid dienone is 1. The number of nitrogens with zero attached hydrogens (tertiary/aromatic N) is 3. The molecule has 3 heteroatoms. The molecule has 3 aliphatic carbocycles. The highest BCUT2D eigenvalue weighted by atomic mass is 15.2. The van der Waals surface area contributed by atoms with Crippen molar-refractivity contribution in [3.05, 3.63) is 291 Å². The van der Waals surface area contributed by atoms with Gasteiger partial charge in [0.25, 0.3) is 17.4 Å². The van der Waals surface area contributed by atoms with Crippen molar-refractivity contribution in [2.24, 2.45) is 0 Å². The average Bonchev–Trinajstić information content (AvgIpc) is 4.08. The Morgan fingerprint density at radius 2 is 0.821 bits per heavy atom. The van der Waals surface area contributed by atoms with Gasteiger partial charge < -0.3 is 0 Å². The molecule has 0 unspecified atom stereocenters. The lowest BCUT2D eigenvalue weighted by Crippen LogP contribution is -2.38. The number of pyridine rings is 1. The van der Waals surface area contributed by atoms with E-state index in [2.05, 4.69) is 255 Å². The number of rotatable bonds is 7. The van der Waals surface area contributed by atoms with Crippen LogP contribution in [0.5, 0.6) is 0 Å². The highest BCUT2D eigenvalue weighted by molar-refractivity contribution is 5.89. The van der Waals surface area contributed by atoms with Crippen LogP contribution in [-0.4, -0.2) is 27.2 Å². The normalized spacial score (nSPS) is 16.0. The van der Waals surface area contributed by atoms with Crippen LogP contribution in [0.4, 0.5) is 0 Å². The Hall–Kier alpha value is -7.97. The van der Waals surface area contributed by atoms with Crippen molar-refractivity contribution in [1.82, 2.24) is 4.98 Å². The van der Waals surface area contributed by atoms with E-state index in [-0.39, 0.29) is 0 Å². The molecule has 9 aromatic rings. The van der Waals surface area contributed by atoms with Crippen molar-refractivity contribution in [3.8, 4) is 33.4 Å². The zero-order valence-corrected chi connectivity index (χ0v) is 38.2. The third-order valence-corrected chi connectivity index (χ3v) is 15.6. The molecule has 0 spiro atoms. The van der Waals surface area contributed by atoms with E-state index in [1.807, 2.05) is 6.20 Å². The summed E-state index contributed by atoms with van der Waals surface area (Å²) in [6.45, 7) is 6.72. The second-order valence-corrected chi connectivity index (χ2v) is 19.1. The summed E-state index contributed by atoms with van der Waals surface area (Å²) >= 11 is 0. The summed E-state index contributed by atoms with van der Waals surface area (Å²) in [6.07, 6.45) is 4.29. The Morgan fingerprint density at radius 3 is 1.27 bits per heavy atom. The van der Waals surface area contributed by atoms with Gasteiger partial charge in [0.05, 0.1) is 16.5 Å². The topological polar surface area (TPSA) is 18.9 Å². The standard InChI is InChI=1S/C64H49N3/c1-42(2)44-35-36-65-61(37-44)63(57-31-13-7-25-51(57)52-26-8-14-32-58(52)63)47-21-17-19-45(38-47)62(55-29-11-5-23-49(55)50-24-6-12-30-56(50)62)46-20-18-22-48(39-46)64(67-40-43(3)66(4)41-67)59-33-15-9-27-53(59)54-28-10-16-34-60(54)64/h5-40,42H,1-4H3/q+2. The van der Waals surface area contributed by atoms with E-state index in [0.717, 1.165) is 11.4 Å². The second-order valence-electron chi connectivity index (χ2n) is 19.1. The van der Waals surface area contributed by atoms with E-state index in [1.165, 1.54) is 94.6 Å². The number of fused-ring (bicyclic) bond motifs is 9. The van der Waals surface area contributed by atoms with Crippen LogP contribution in [0, 0.1) is 0 Å². The number of benzene rings is 8. The minimum absolute atomic E-state index is 0.344. The van der Waals surface area contributed by atoms with E-state index in [9.17, 15) is 0 Å². The molecule has 13 rings (SSSR count). The molecule has 8 aromatic carbocycles. The molecule has 1 aromatic heterocycles. The first-order valence-corrected chi connectivity index (χ1v) is 23.6. The van der Waals surface area contributed by atoms with Gasteiger partial charge in [0.15, 0.2) is 7.05 Å². The maximum atomic E-state index is 5.35. The molecule has 1 aliphatic heterocycles. The summed E-state index contributed by atoms with van der Waals surface area (Å²) < 4.78 is 4.46. The Bertz CT molecular complexity index is 3520. The predicted octanol–water partition coefficient (Wildman–Crippen LogP) is 13.9. The van der Waals surface area contributed by atoms with Gasteiger partial charge >= 0.3 is 6.01 Å². The molecule has 0 N–H and O–H groups in total. The monoisotopic (exact) mass is 859 g/mol. The van der Waals surface area contributed by atoms with E-state index >= 15 is 0 Å². The average molecular weight is 860 g/mol. The molecule has 67 heavy (non-hydrogen) atoms. The van der Waals surface area contributed by atoms with Crippen LogP contribution in [0.3, 0.4) is 0 Å². The third kappa shape index (κ3) is 5.15. The van der Waals surface area contributed by atoms with E-state index in [1.54, 1.807) is 0 Å². The zero-order valence-electron chi connectivity index (χ0n) is 38.2. The minimum Gasteiger partial charge on any atom is -0.260 e. The van der Waals surface area contributed by atoms with Gasteiger partial charge in [0, 0.05) is 29.8 Å². The third-order valence-electron chi connectivity index (χ3n) is 15.6. The molecular weight excluding hydrogens is 811 g/mol. The first kappa shape index (κ1) is 39.4. The SMILES string of the molecule is CC1=C[N+](C2(c3cccc(C4(c5cccc(C6(c7cc(C(C)C)ccn7)c7ccccc7-c7ccccc76)c5)c5ccccc5-c5ccccc54)c3)c3ccccc3-c3ccccc32)=C=[N+]1C. The molecule has 0 atom stereocenters. The van der Waals surface area contributed by atoms with Crippen molar-refractivity contribution in [2.75, 3.05) is 7.05 Å². The fourth-order valence-corrected chi connectivity index (χ4v) is 12.6. The zero-order chi connectivity index (χ0) is 45.1. The van der Waals surface area contributed by atoms with Gasteiger partial charge in [0.2, 0.25) is 0 Å². The predicted molar refractivity (Wildman–Crippen MR) is 270 cm³/mol. The minimum atomic E-state index is -0.690. The fraction of sp³-hybridized carbons (Fsp3) is 0.125. The van der Waals surface area contributed by atoms with Gasteiger partial charge in [-0.25, -0.2) is 0 Å². The van der Waals surface area contributed by atoms with Gasteiger partial charge in [0.1, 0.15) is 0 Å². The van der Waals surface area contributed by atoms with Gasteiger partial charge in [-0.3, -0.25) is 4.98 Å². The summed E-state index contributed by atoms with van der Waals surface area (Å²) in [6, 6.07) is 81.6. The summed E-state index contributed by atoms with van der Waals surface area (Å²) in [5.74, 6) is 0.344. The smallest absolute Gasteiger partial charge is 0.260 e. The highest BCUT2D eigenvalue weighted by Crippen LogP contribution is 2.61. The highest BCUT2D eigenvalue weighted by Gasteiger charge is 2.57. The Morgan fingerprint density at radius 1 is 0.433 bits per heavy atom. The van der Waals surface area contributed by atoms with Crippen molar-refractivity contribution >= 4 is 6.01 Å². The number of hydrogen-bond donors (Lipinski definition) is 0. The maximum Gasteiger partial charge on any atom is 0.490 e. The summed E-state index contributed by atoms with van der Waals surface area (Å²) in [5, 5.41) is 0. The Balaban J connectivity index is 1.14. The molecule has 0 amide bonds. The van der Waals surface area contributed by atoms with E-state index in [0.29, 0.717) is 5.92 Å². The lowest BCUT2D eigenvalue weighted by molar-refractivity contribution is -0.533. The van der Waals surface area contributed by atoms with Crippen LogP contribution in [0.25, 0.3) is 33.4 Å². The van der Waals surface area contributed by atoms with Crippen LogP contribution in [-0.2, 0) is 16.4 Å². The fourth-order valence-electron chi connectivity index (χ4n) is 12.6. The van der Waals surface area contributed by atoms with Crippen LogP contribution in [0.1, 0.15) is 93.6 Å². The molecule has 3 nitrogen and oxygen atoms in total. The summed E-state index contributed by atoms with van der Waals surface area (Å²) in [7, 11) is 2.10. The van der Waals surface area contributed by atoms with Crippen LogP contribution >= 0.6 is 0 Å². The van der Waals surface area contributed by atoms with Crippen LogP contribution < -0.4 is 0 Å². The van der Waals surface area contributed by atoms with E-state index < -0.39 is 16.4 Å². The first-order valence-electron chi connectivity index (χ1n) is 23.6. The molecule has 0 fully saturated rings. The second kappa shape index (κ2) is 14.5. The lowest BCUT2D eigenvalue weighted by atomic mass is 9.64. The van der Waals surface area contributed by atoms with Crippen molar-refractivity contribution in [3.63, 3.8) is 0 Å². The molecule has 0 saturated heterocycles. The molecule has 0 bridgehead atoms. The maximum absolute atomic E-state index is 5.35. The Labute approximate surface area is 393 Å². The van der Waals surface area contributed by atoms with Crippen molar-refractivity contribution in [1.29, 1.82) is 0 Å². The molecule has 2 heterocycles. The summed E-state index contributed by atoms with van der Waals surface area (Å²) in [4.78, 5) is 5.35. The Kier molecular flexibility index (Phi) is 8.54. The van der Waals surface area contributed by atoms with Gasteiger partial charge in [-0.15, -0.1) is 0 Å². The molecule has 0 radical (unpaired) electrons. The van der Waals surface area contributed by atoms with Crippen molar-refractivity contribution < 1.29 is 9.15 Å². The quantitative estimate of drug-likeness (QED) is 0.146.